The fourth-order valence-corrected chi connectivity index (χ4v) is 4.26. The summed E-state index contributed by atoms with van der Waals surface area (Å²) in [5, 5.41) is 4.58. The third-order valence-electron chi connectivity index (χ3n) is 6.03. The Hall–Kier alpha value is -3.53. The number of hydrogen-bond donors (Lipinski definition) is 1. The number of aromatic nitrogens is 2. The van der Waals surface area contributed by atoms with Crippen LogP contribution in [0.3, 0.4) is 0 Å². The van der Waals surface area contributed by atoms with Gasteiger partial charge in [-0.1, -0.05) is 26.0 Å². The molecule has 0 unspecified atom stereocenters. The molecule has 4 rings (SSSR count). The van der Waals surface area contributed by atoms with Gasteiger partial charge in [-0.2, -0.15) is 0 Å². The minimum absolute atomic E-state index is 0.233. The number of nitrogens with one attached hydrogen (secondary N) is 1. The second-order valence-electron chi connectivity index (χ2n) is 8.53. The number of benzene rings is 2. The zero-order valence-electron chi connectivity index (χ0n) is 19.6. The van der Waals surface area contributed by atoms with Crippen molar-refractivity contribution in [3.63, 3.8) is 0 Å². The maximum absolute atomic E-state index is 13.4. The lowest BCUT2D eigenvalue weighted by Gasteiger charge is -2.15. The van der Waals surface area contributed by atoms with Crippen molar-refractivity contribution in [3.8, 4) is 11.3 Å². The van der Waals surface area contributed by atoms with Gasteiger partial charge in [0.25, 0.3) is 0 Å². The topological polar surface area (TPSA) is 37.8 Å². The molecule has 0 aliphatic heterocycles. The average Bonchev–Trinajstić information content (AvgIpc) is 2.81. The monoisotopic (exact) mass is 439 g/mol. The Kier molecular flexibility index (Phi) is 6.83. The van der Waals surface area contributed by atoms with E-state index in [1.807, 2.05) is 12.3 Å². The van der Waals surface area contributed by atoms with Gasteiger partial charge in [-0.15, -0.1) is 0 Å². The van der Waals surface area contributed by atoms with E-state index in [0.717, 1.165) is 70.5 Å². The molecule has 2 aromatic heterocycles. The summed E-state index contributed by atoms with van der Waals surface area (Å²) in [7, 11) is 0. The van der Waals surface area contributed by atoms with Crippen LogP contribution in [0.4, 0.5) is 4.39 Å². The lowest BCUT2D eigenvalue weighted by molar-refractivity contribution is 0.628. The smallest absolute Gasteiger partial charge is 0.123 e. The summed E-state index contributed by atoms with van der Waals surface area (Å²) in [4.78, 5) is 9.41. The summed E-state index contributed by atoms with van der Waals surface area (Å²) in [6, 6.07) is 17.1. The molecule has 0 bridgehead atoms. The van der Waals surface area contributed by atoms with E-state index in [1.54, 1.807) is 12.1 Å². The van der Waals surface area contributed by atoms with Gasteiger partial charge >= 0.3 is 0 Å². The zero-order valence-corrected chi connectivity index (χ0v) is 19.6. The van der Waals surface area contributed by atoms with Crippen molar-refractivity contribution in [2.24, 2.45) is 0 Å². The summed E-state index contributed by atoms with van der Waals surface area (Å²) >= 11 is 0. The van der Waals surface area contributed by atoms with Gasteiger partial charge in [-0.25, -0.2) is 4.39 Å². The highest BCUT2D eigenvalue weighted by atomic mass is 19.1. The quantitative estimate of drug-likeness (QED) is 0.328. The van der Waals surface area contributed by atoms with E-state index in [1.165, 1.54) is 23.3 Å². The molecule has 0 aliphatic rings. The Labute approximate surface area is 195 Å². The van der Waals surface area contributed by atoms with E-state index in [4.69, 9.17) is 4.98 Å². The predicted octanol–water partition coefficient (Wildman–Crippen LogP) is 6.81. The lowest BCUT2D eigenvalue weighted by atomic mass is 9.97. The van der Waals surface area contributed by atoms with Crippen molar-refractivity contribution in [2.45, 2.75) is 40.0 Å². The van der Waals surface area contributed by atoms with Gasteiger partial charge in [0.2, 0.25) is 0 Å². The molecule has 2 aromatic carbocycles. The fraction of sp³-hybridized carbons (Fsp3) is 0.241. The minimum atomic E-state index is -0.233. The third-order valence-corrected chi connectivity index (χ3v) is 6.03. The highest BCUT2D eigenvalue weighted by molar-refractivity contribution is 5.85. The normalized spacial score (nSPS) is 11.0. The van der Waals surface area contributed by atoms with Gasteiger partial charge in [0, 0.05) is 41.5 Å². The Bertz CT molecular complexity index is 1290. The first kappa shape index (κ1) is 22.7. The molecule has 0 radical (unpaired) electrons. The van der Waals surface area contributed by atoms with E-state index in [0.29, 0.717) is 0 Å². The Morgan fingerprint density at radius 3 is 2.58 bits per heavy atom. The molecular formula is C29H30FN3. The first-order chi connectivity index (χ1) is 16.0. The molecule has 33 heavy (non-hydrogen) atoms. The van der Waals surface area contributed by atoms with Crippen molar-refractivity contribution in [1.82, 2.24) is 15.3 Å². The van der Waals surface area contributed by atoms with Crippen LogP contribution in [0.5, 0.6) is 0 Å². The molecule has 0 aliphatic carbocycles. The Morgan fingerprint density at radius 2 is 1.82 bits per heavy atom. The van der Waals surface area contributed by atoms with Gasteiger partial charge in [-0.05, 0) is 91.1 Å². The number of aryl methyl sites for hydroxylation is 2. The van der Waals surface area contributed by atoms with Crippen molar-refractivity contribution in [2.75, 3.05) is 6.54 Å². The number of pyridine rings is 2. The second-order valence-corrected chi connectivity index (χ2v) is 8.53. The summed E-state index contributed by atoms with van der Waals surface area (Å²) in [6.45, 7) is 11.4. The molecule has 3 nitrogen and oxygen atoms in total. The molecule has 0 spiro atoms. The number of fused-ring (bicyclic) bond motifs is 1. The van der Waals surface area contributed by atoms with Crippen LogP contribution in [0.1, 0.15) is 41.3 Å². The van der Waals surface area contributed by atoms with E-state index in [2.05, 4.69) is 61.9 Å². The first-order valence-electron chi connectivity index (χ1n) is 11.5. The number of hydrogen-bond acceptors (Lipinski definition) is 3. The van der Waals surface area contributed by atoms with E-state index in [9.17, 15) is 4.39 Å². The van der Waals surface area contributed by atoms with Gasteiger partial charge in [0.05, 0.1) is 11.2 Å². The van der Waals surface area contributed by atoms with E-state index < -0.39 is 0 Å². The molecule has 2 heterocycles. The van der Waals surface area contributed by atoms with E-state index >= 15 is 0 Å². The largest absolute Gasteiger partial charge is 0.385 e. The van der Waals surface area contributed by atoms with Crippen LogP contribution >= 0.6 is 0 Å². The third kappa shape index (κ3) is 5.11. The van der Waals surface area contributed by atoms with Crippen molar-refractivity contribution in [3.05, 3.63) is 101 Å². The van der Waals surface area contributed by atoms with Crippen LogP contribution in [0, 0.1) is 19.7 Å². The molecule has 4 heteroatoms. The van der Waals surface area contributed by atoms with Gasteiger partial charge in [-0.3, -0.25) is 9.97 Å². The number of nitrogens with zero attached hydrogens (tertiary/aromatic N) is 2. The standard InChI is InChI=1S/C29H30FN3/c1-5-7-23-18-27(33-29(20(23)3)22-9-11-26(30)12-10-22)13-15-31-21(4)25-16-19(2)28-24(17-25)8-6-14-32-28/h6,8-12,14,16-18,31H,4-5,7,13,15H2,1-3H3. The van der Waals surface area contributed by atoms with Crippen LogP contribution in [-0.4, -0.2) is 16.5 Å². The molecule has 0 fully saturated rings. The highest BCUT2D eigenvalue weighted by Gasteiger charge is 2.12. The molecule has 0 atom stereocenters. The highest BCUT2D eigenvalue weighted by Crippen LogP contribution is 2.26. The summed E-state index contributed by atoms with van der Waals surface area (Å²) in [5.41, 5.74) is 9.52. The molecule has 4 aromatic rings. The van der Waals surface area contributed by atoms with Crippen LogP contribution in [0.2, 0.25) is 0 Å². The Balaban J connectivity index is 1.52. The average molecular weight is 440 g/mol. The molecule has 0 saturated carbocycles. The van der Waals surface area contributed by atoms with Crippen molar-refractivity contribution in [1.29, 1.82) is 0 Å². The molecule has 0 amide bonds. The maximum atomic E-state index is 13.4. The van der Waals surface area contributed by atoms with Crippen LogP contribution in [-0.2, 0) is 12.8 Å². The molecule has 0 saturated heterocycles. The van der Waals surface area contributed by atoms with Crippen LogP contribution in [0.25, 0.3) is 27.9 Å². The molecule has 168 valence electrons. The summed E-state index contributed by atoms with van der Waals surface area (Å²) < 4.78 is 13.4. The summed E-state index contributed by atoms with van der Waals surface area (Å²) in [5.74, 6) is -0.233. The fourth-order valence-electron chi connectivity index (χ4n) is 4.26. The molecular weight excluding hydrogens is 409 g/mol. The first-order valence-corrected chi connectivity index (χ1v) is 11.5. The second kappa shape index (κ2) is 9.95. The van der Waals surface area contributed by atoms with Crippen molar-refractivity contribution < 1.29 is 4.39 Å². The minimum Gasteiger partial charge on any atom is -0.385 e. The SMILES string of the molecule is C=C(NCCc1cc(CCC)c(C)c(-c2ccc(F)cc2)n1)c1cc(C)c2ncccc2c1. The van der Waals surface area contributed by atoms with Crippen LogP contribution in [0.15, 0.2) is 67.4 Å². The number of halogens is 1. The van der Waals surface area contributed by atoms with Gasteiger partial charge in [0.15, 0.2) is 0 Å². The predicted molar refractivity (Wildman–Crippen MR) is 136 cm³/mol. The Morgan fingerprint density at radius 1 is 1.03 bits per heavy atom. The van der Waals surface area contributed by atoms with Gasteiger partial charge in [0.1, 0.15) is 5.82 Å². The zero-order chi connectivity index (χ0) is 23.4. The summed E-state index contributed by atoms with van der Waals surface area (Å²) in [6.07, 6.45) is 4.67. The van der Waals surface area contributed by atoms with Gasteiger partial charge < -0.3 is 5.32 Å². The number of rotatable bonds is 8. The maximum Gasteiger partial charge on any atom is 0.123 e. The van der Waals surface area contributed by atoms with E-state index in [-0.39, 0.29) is 5.82 Å². The lowest BCUT2D eigenvalue weighted by Crippen LogP contribution is -2.16. The van der Waals surface area contributed by atoms with Crippen molar-refractivity contribution >= 4 is 16.6 Å². The van der Waals surface area contributed by atoms with Crippen LogP contribution < -0.4 is 5.32 Å². The molecule has 1 N–H and O–H groups in total.